The third-order valence-electron chi connectivity index (χ3n) is 3.63. The second kappa shape index (κ2) is 6.00. The number of rotatable bonds is 2. The molecule has 3 aromatic rings. The Balaban J connectivity index is 2.24. The zero-order valence-electron chi connectivity index (χ0n) is 12.5. The molecule has 0 unspecified atom stereocenters. The molecule has 0 atom stereocenters. The predicted molar refractivity (Wildman–Crippen MR) is 91.1 cm³/mol. The van der Waals surface area contributed by atoms with Crippen LogP contribution in [0.25, 0.3) is 21.9 Å². The van der Waals surface area contributed by atoms with Gasteiger partial charge in [-0.2, -0.15) is 4.99 Å². The number of halogens is 1. The smallest absolute Gasteiger partial charge is 0.280 e. The molecule has 24 heavy (non-hydrogen) atoms. The summed E-state index contributed by atoms with van der Waals surface area (Å²) in [5.74, 6) is -2.06. The van der Waals surface area contributed by atoms with Crippen molar-refractivity contribution in [1.29, 1.82) is 0 Å². The molecule has 0 spiro atoms. The number of benzene rings is 3. The number of guanidine groups is 1. The Bertz CT molecular complexity index is 979. The molecule has 3 aromatic carbocycles. The van der Waals surface area contributed by atoms with Crippen LogP contribution in [0.3, 0.4) is 0 Å². The number of carbonyl (C=O) groups is 1. The molecule has 0 saturated carbocycles. The van der Waals surface area contributed by atoms with Crippen LogP contribution in [0.15, 0.2) is 59.6 Å². The summed E-state index contributed by atoms with van der Waals surface area (Å²) in [6, 6.07) is 14.7. The Morgan fingerprint density at radius 1 is 1.00 bits per heavy atom. The molecule has 0 aromatic heterocycles. The number of carbonyl (C=O) groups excluding carboxylic acids is 1. The van der Waals surface area contributed by atoms with Crippen molar-refractivity contribution in [3.8, 4) is 16.9 Å². The average molecular weight is 323 g/mol. The minimum Gasteiger partial charge on any atom is -0.505 e. The molecule has 0 aliphatic carbocycles. The van der Waals surface area contributed by atoms with E-state index in [1.54, 1.807) is 42.5 Å². The zero-order valence-corrected chi connectivity index (χ0v) is 12.5. The van der Waals surface area contributed by atoms with Crippen molar-refractivity contribution < 1.29 is 14.3 Å². The summed E-state index contributed by atoms with van der Waals surface area (Å²) in [6.45, 7) is 0. The Labute approximate surface area is 137 Å². The van der Waals surface area contributed by atoms with Crippen molar-refractivity contribution in [3.63, 3.8) is 0 Å². The minimum absolute atomic E-state index is 0.243. The van der Waals surface area contributed by atoms with Gasteiger partial charge in [0.2, 0.25) is 0 Å². The highest BCUT2D eigenvalue weighted by Gasteiger charge is 2.13. The maximum Gasteiger partial charge on any atom is 0.280 e. The van der Waals surface area contributed by atoms with Crippen LogP contribution >= 0.6 is 0 Å². The fourth-order valence-corrected chi connectivity index (χ4v) is 2.55. The third-order valence-corrected chi connectivity index (χ3v) is 3.63. The lowest BCUT2D eigenvalue weighted by Crippen LogP contribution is -2.24. The van der Waals surface area contributed by atoms with Gasteiger partial charge in [-0.1, -0.05) is 36.4 Å². The highest BCUT2D eigenvalue weighted by Crippen LogP contribution is 2.34. The van der Waals surface area contributed by atoms with Crippen molar-refractivity contribution in [2.24, 2.45) is 16.5 Å². The molecule has 5 nitrogen and oxygen atoms in total. The number of nitrogens with zero attached hydrogens (tertiary/aromatic N) is 1. The van der Waals surface area contributed by atoms with Crippen molar-refractivity contribution in [3.05, 3.63) is 66.0 Å². The predicted octanol–water partition coefficient (Wildman–Crippen LogP) is 2.77. The van der Waals surface area contributed by atoms with Gasteiger partial charge in [0, 0.05) is 11.1 Å². The Kier molecular flexibility index (Phi) is 3.87. The van der Waals surface area contributed by atoms with E-state index in [2.05, 4.69) is 4.99 Å². The SMILES string of the molecule is NC(N)=NC(=O)c1ccc2cccc(-c3cccc(O)c3F)c2c1. The van der Waals surface area contributed by atoms with E-state index in [9.17, 15) is 14.3 Å². The van der Waals surface area contributed by atoms with E-state index in [4.69, 9.17) is 11.5 Å². The number of phenols is 1. The molecule has 0 aliphatic heterocycles. The van der Waals surface area contributed by atoms with Crippen LogP contribution in [0.1, 0.15) is 10.4 Å². The maximum atomic E-state index is 14.3. The number of phenolic OH excluding ortho intramolecular Hbond substituents is 1. The van der Waals surface area contributed by atoms with Gasteiger partial charge in [0.1, 0.15) is 0 Å². The zero-order chi connectivity index (χ0) is 17.3. The monoisotopic (exact) mass is 323 g/mol. The molecule has 0 aliphatic rings. The van der Waals surface area contributed by atoms with Crippen LogP contribution in [0.5, 0.6) is 5.75 Å². The molecule has 0 bridgehead atoms. The van der Waals surface area contributed by atoms with Crippen LogP contribution in [0.2, 0.25) is 0 Å². The lowest BCUT2D eigenvalue weighted by Gasteiger charge is -2.10. The second-order valence-corrected chi connectivity index (χ2v) is 5.22. The maximum absolute atomic E-state index is 14.3. The molecule has 5 N–H and O–H groups in total. The number of hydrogen-bond donors (Lipinski definition) is 3. The normalized spacial score (nSPS) is 10.5. The van der Waals surface area contributed by atoms with Gasteiger partial charge < -0.3 is 16.6 Å². The summed E-state index contributed by atoms with van der Waals surface area (Å²) in [4.78, 5) is 15.5. The van der Waals surface area contributed by atoms with Gasteiger partial charge in [0.15, 0.2) is 17.5 Å². The largest absolute Gasteiger partial charge is 0.505 e. The number of fused-ring (bicyclic) bond motifs is 1. The summed E-state index contributed by atoms with van der Waals surface area (Å²) in [7, 11) is 0. The fourth-order valence-electron chi connectivity index (χ4n) is 2.55. The molecule has 0 fully saturated rings. The van der Waals surface area contributed by atoms with Gasteiger partial charge in [-0.15, -0.1) is 0 Å². The topological polar surface area (TPSA) is 102 Å². The number of amides is 1. The quantitative estimate of drug-likeness (QED) is 0.498. The number of aliphatic imine (C=N–C) groups is 1. The van der Waals surface area contributed by atoms with Crippen LogP contribution < -0.4 is 11.5 Å². The molecule has 120 valence electrons. The first-order chi connectivity index (χ1) is 11.5. The first-order valence-electron chi connectivity index (χ1n) is 7.12. The minimum atomic E-state index is -0.717. The van der Waals surface area contributed by atoms with Crippen molar-refractivity contribution >= 4 is 22.6 Å². The van der Waals surface area contributed by atoms with E-state index in [1.165, 1.54) is 6.07 Å². The molecule has 3 rings (SSSR count). The molecule has 0 saturated heterocycles. The Morgan fingerprint density at radius 2 is 1.71 bits per heavy atom. The van der Waals surface area contributed by atoms with E-state index in [0.29, 0.717) is 10.9 Å². The van der Waals surface area contributed by atoms with E-state index < -0.39 is 17.5 Å². The molecule has 1 amide bonds. The number of aromatic hydroxyl groups is 1. The average Bonchev–Trinajstić information content (AvgIpc) is 2.56. The van der Waals surface area contributed by atoms with Crippen molar-refractivity contribution in [2.75, 3.05) is 0 Å². The molecular formula is C18H14FN3O2. The summed E-state index contributed by atoms with van der Waals surface area (Å²) in [5, 5.41) is 11.1. The number of nitrogens with two attached hydrogens (primary N) is 2. The highest BCUT2D eigenvalue weighted by atomic mass is 19.1. The van der Waals surface area contributed by atoms with E-state index >= 15 is 0 Å². The lowest BCUT2D eigenvalue weighted by atomic mass is 9.96. The lowest BCUT2D eigenvalue weighted by molar-refractivity contribution is 0.100. The standard InChI is InChI=1S/C18H14FN3O2/c19-16-13(5-2-6-15(16)23)12-4-1-3-10-7-8-11(9-14(10)12)17(24)22-18(20)21/h1-9,23H,(H4,20,21,22,24). The Hall–Kier alpha value is -3.41. The third kappa shape index (κ3) is 2.77. The van der Waals surface area contributed by atoms with Crippen molar-refractivity contribution in [2.45, 2.75) is 0 Å². The second-order valence-electron chi connectivity index (χ2n) is 5.22. The van der Waals surface area contributed by atoms with Gasteiger partial charge in [-0.05, 0) is 34.5 Å². The summed E-state index contributed by atoms with van der Waals surface area (Å²) < 4.78 is 14.3. The van der Waals surface area contributed by atoms with Crippen LogP contribution in [-0.2, 0) is 0 Å². The van der Waals surface area contributed by atoms with Crippen LogP contribution in [0, 0.1) is 5.82 Å². The molecular weight excluding hydrogens is 309 g/mol. The number of hydrogen-bond acceptors (Lipinski definition) is 2. The van der Waals surface area contributed by atoms with E-state index in [0.717, 1.165) is 5.39 Å². The Morgan fingerprint density at radius 3 is 2.46 bits per heavy atom. The summed E-state index contributed by atoms with van der Waals surface area (Å²) in [6.07, 6.45) is 0. The van der Waals surface area contributed by atoms with E-state index in [-0.39, 0.29) is 17.1 Å². The summed E-state index contributed by atoms with van der Waals surface area (Å²) in [5.41, 5.74) is 11.5. The van der Waals surface area contributed by atoms with Gasteiger partial charge in [-0.25, -0.2) is 4.39 Å². The first kappa shape index (κ1) is 15.5. The van der Waals surface area contributed by atoms with E-state index in [1.807, 2.05) is 6.07 Å². The van der Waals surface area contributed by atoms with Gasteiger partial charge in [0.05, 0.1) is 0 Å². The summed E-state index contributed by atoms with van der Waals surface area (Å²) >= 11 is 0. The van der Waals surface area contributed by atoms with Gasteiger partial charge in [0.25, 0.3) is 5.91 Å². The van der Waals surface area contributed by atoms with Crippen LogP contribution in [-0.4, -0.2) is 17.0 Å². The van der Waals surface area contributed by atoms with Crippen molar-refractivity contribution in [1.82, 2.24) is 0 Å². The highest BCUT2D eigenvalue weighted by molar-refractivity contribution is 6.06. The first-order valence-corrected chi connectivity index (χ1v) is 7.12. The molecule has 0 heterocycles. The fraction of sp³-hybridized carbons (Fsp3) is 0. The van der Waals surface area contributed by atoms with Crippen LogP contribution in [0.4, 0.5) is 4.39 Å². The van der Waals surface area contributed by atoms with Gasteiger partial charge >= 0.3 is 0 Å². The van der Waals surface area contributed by atoms with Gasteiger partial charge in [-0.3, -0.25) is 4.79 Å². The molecule has 0 radical (unpaired) electrons. The molecule has 6 heteroatoms.